The summed E-state index contributed by atoms with van der Waals surface area (Å²) in [6.45, 7) is 6.24. The third kappa shape index (κ3) is 6.18. The van der Waals surface area contributed by atoms with Crippen LogP contribution in [-0.2, 0) is 9.53 Å². The zero-order valence-electron chi connectivity index (χ0n) is 23.2. The second-order valence-electron chi connectivity index (χ2n) is 11.7. The van der Waals surface area contributed by atoms with E-state index in [0.717, 1.165) is 35.3 Å². The van der Waals surface area contributed by atoms with Gasteiger partial charge >= 0.3 is 6.09 Å². The number of hydrogen-bond acceptors (Lipinski definition) is 7. The third-order valence-corrected chi connectivity index (χ3v) is 7.84. The summed E-state index contributed by atoms with van der Waals surface area (Å²) in [6.07, 6.45) is 6.28. The number of alkyl carbamates (subject to hydrolysis) is 1. The van der Waals surface area contributed by atoms with Crippen LogP contribution in [0.15, 0.2) is 36.8 Å². The van der Waals surface area contributed by atoms with Gasteiger partial charge in [0.25, 0.3) is 0 Å². The number of fused-ring (bicyclic) bond motifs is 1. The van der Waals surface area contributed by atoms with Gasteiger partial charge in [-0.2, -0.15) is 0 Å². The summed E-state index contributed by atoms with van der Waals surface area (Å²) < 4.78 is 5.55. The number of amides is 2. The largest absolute Gasteiger partial charge is 0.444 e. The molecule has 2 fully saturated rings. The second-order valence-corrected chi connectivity index (χ2v) is 12.2. The Bertz CT molecular complexity index is 1360. The van der Waals surface area contributed by atoms with Crippen LogP contribution in [0.5, 0.6) is 0 Å². The summed E-state index contributed by atoms with van der Waals surface area (Å²) in [7, 11) is 0. The Kier molecular flexibility index (Phi) is 7.92. The predicted molar refractivity (Wildman–Crippen MR) is 153 cm³/mol. The second kappa shape index (κ2) is 11.2. The Morgan fingerprint density at radius 1 is 1.20 bits per heavy atom. The lowest BCUT2D eigenvalue weighted by Gasteiger charge is -2.42. The smallest absolute Gasteiger partial charge is 0.408 e. The van der Waals surface area contributed by atoms with Crippen LogP contribution in [0.3, 0.4) is 0 Å². The van der Waals surface area contributed by atoms with Gasteiger partial charge in [-0.05, 0) is 82.1 Å². The van der Waals surface area contributed by atoms with Crippen molar-refractivity contribution in [2.75, 3.05) is 24.6 Å². The molecule has 1 aromatic carbocycles. The van der Waals surface area contributed by atoms with E-state index in [4.69, 9.17) is 16.3 Å². The maximum atomic E-state index is 14.0. The summed E-state index contributed by atoms with van der Waals surface area (Å²) in [5.41, 5.74) is 0.943. The standard InChI is InChI=1S/C29H37ClN6O4/c1-28(2,3)40-27(39)35-29(26(38)34-22(10-15-37)19-6-8-20(30)9-7-19)11-13-36(14-12-29)25-23-21(18-4-5-18)16-31-24(23)32-17-33-25/h6-9,16-18,22,37H,4-5,10-15H2,1-3H3,(H,34,38)(H,35,39)(H,31,32,33)/t22-/m0/s1. The fraction of sp³-hybridized carbons (Fsp3) is 0.517. The number of nitrogens with one attached hydrogen (secondary N) is 3. The van der Waals surface area contributed by atoms with Gasteiger partial charge in [0.2, 0.25) is 5.91 Å². The van der Waals surface area contributed by atoms with Gasteiger partial charge < -0.3 is 30.4 Å². The molecule has 0 bridgehead atoms. The molecule has 1 atom stereocenters. The van der Waals surface area contributed by atoms with Crippen LogP contribution in [0.2, 0.25) is 5.02 Å². The number of aromatic nitrogens is 3. The first-order valence-corrected chi connectivity index (χ1v) is 14.2. The minimum Gasteiger partial charge on any atom is -0.444 e. The Labute approximate surface area is 238 Å². The molecular formula is C29H37ClN6O4. The van der Waals surface area contributed by atoms with Crippen LogP contribution >= 0.6 is 11.6 Å². The number of nitrogens with zero attached hydrogens (tertiary/aromatic N) is 3. The summed E-state index contributed by atoms with van der Waals surface area (Å²) in [6, 6.07) is 6.70. The fourth-order valence-electron chi connectivity index (χ4n) is 5.38. The molecule has 2 aromatic heterocycles. The van der Waals surface area contributed by atoms with Crippen molar-refractivity contribution in [1.29, 1.82) is 0 Å². The molecule has 11 heteroatoms. The van der Waals surface area contributed by atoms with Gasteiger partial charge in [-0.1, -0.05) is 23.7 Å². The summed E-state index contributed by atoms with van der Waals surface area (Å²) in [5, 5.41) is 17.3. The van der Waals surface area contributed by atoms with Crippen LogP contribution < -0.4 is 15.5 Å². The van der Waals surface area contributed by atoms with E-state index in [9.17, 15) is 14.7 Å². The molecule has 1 aliphatic heterocycles. The van der Waals surface area contributed by atoms with Crippen molar-refractivity contribution >= 4 is 40.5 Å². The van der Waals surface area contributed by atoms with Crippen molar-refractivity contribution in [1.82, 2.24) is 25.6 Å². The Morgan fingerprint density at radius 2 is 1.90 bits per heavy atom. The van der Waals surface area contributed by atoms with Crippen LogP contribution in [0.25, 0.3) is 11.0 Å². The number of rotatable bonds is 8. The number of anilines is 1. The minimum absolute atomic E-state index is 0.114. The summed E-state index contributed by atoms with van der Waals surface area (Å²) in [4.78, 5) is 41.4. The maximum Gasteiger partial charge on any atom is 0.408 e. The van der Waals surface area contributed by atoms with Crippen molar-refractivity contribution in [3.63, 3.8) is 0 Å². The molecule has 10 nitrogen and oxygen atoms in total. The predicted octanol–water partition coefficient (Wildman–Crippen LogP) is 4.59. The zero-order chi connectivity index (χ0) is 28.5. The number of aromatic amines is 1. The van der Waals surface area contributed by atoms with E-state index in [1.54, 1.807) is 39.2 Å². The lowest BCUT2D eigenvalue weighted by molar-refractivity contribution is -0.129. The lowest BCUT2D eigenvalue weighted by atomic mass is 9.85. The lowest BCUT2D eigenvalue weighted by Crippen LogP contribution is -2.64. The first-order chi connectivity index (χ1) is 19.1. The Hall–Kier alpha value is -3.37. The molecule has 4 N–H and O–H groups in total. The number of benzene rings is 1. The van der Waals surface area contributed by atoms with Gasteiger partial charge in [0.1, 0.15) is 28.9 Å². The molecule has 1 saturated heterocycles. The van der Waals surface area contributed by atoms with Gasteiger partial charge in [-0.25, -0.2) is 14.8 Å². The number of piperidine rings is 1. The van der Waals surface area contributed by atoms with E-state index in [1.165, 1.54) is 5.56 Å². The number of hydrogen-bond donors (Lipinski definition) is 4. The van der Waals surface area contributed by atoms with E-state index < -0.39 is 23.3 Å². The number of aliphatic hydroxyl groups is 1. The molecule has 2 aliphatic rings. The van der Waals surface area contributed by atoms with E-state index in [0.29, 0.717) is 43.3 Å². The maximum absolute atomic E-state index is 14.0. The Balaban J connectivity index is 1.39. The summed E-state index contributed by atoms with van der Waals surface area (Å²) in [5.74, 6) is 1.05. The molecule has 1 saturated carbocycles. The molecule has 5 rings (SSSR count). The molecule has 40 heavy (non-hydrogen) atoms. The van der Waals surface area contributed by atoms with E-state index in [1.807, 2.05) is 18.3 Å². The van der Waals surface area contributed by atoms with Crippen molar-refractivity contribution in [2.24, 2.45) is 0 Å². The fourth-order valence-corrected chi connectivity index (χ4v) is 5.50. The van der Waals surface area contributed by atoms with Crippen LogP contribution in [0.4, 0.5) is 10.6 Å². The number of ether oxygens (including phenoxy) is 1. The number of aliphatic hydroxyl groups excluding tert-OH is 1. The zero-order valence-corrected chi connectivity index (χ0v) is 23.9. The van der Waals surface area contributed by atoms with Crippen LogP contribution in [0.1, 0.15) is 76.0 Å². The average molecular weight is 569 g/mol. The van der Waals surface area contributed by atoms with E-state index in [2.05, 4.69) is 30.5 Å². The van der Waals surface area contributed by atoms with E-state index >= 15 is 0 Å². The molecule has 0 radical (unpaired) electrons. The monoisotopic (exact) mass is 568 g/mol. The van der Waals surface area contributed by atoms with Crippen molar-refractivity contribution in [3.8, 4) is 0 Å². The summed E-state index contributed by atoms with van der Waals surface area (Å²) >= 11 is 6.06. The first-order valence-electron chi connectivity index (χ1n) is 13.8. The Morgan fingerprint density at radius 3 is 2.52 bits per heavy atom. The number of carbonyl (C=O) groups excluding carboxylic acids is 2. The highest BCUT2D eigenvalue weighted by molar-refractivity contribution is 6.30. The molecular weight excluding hydrogens is 532 g/mol. The van der Waals surface area contributed by atoms with Gasteiger partial charge in [-0.15, -0.1) is 0 Å². The van der Waals surface area contributed by atoms with Crippen molar-refractivity contribution < 1.29 is 19.4 Å². The topological polar surface area (TPSA) is 132 Å². The highest BCUT2D eigenvalue weighted by Crippen LogP contribution is 2.45. The van der Waals surface area contributed by atoms with Crippen molar-refractivity contribution in [3.05, 3.63) is 52.9 Å². The van der Waals surface area contributed by atoms with Crippen molar-refractivity contribution in [2.45, 2.75) is 76.0 Å². The quantitative estimate of drug-likeness (QED) is 0.312. The molecule has 1 aliphatic carbocycles. The van der Waals surface area contributed by atoms with Gasteiger partial charge in [-0.3, -0.25) is 4.79 Å². The highest BCUT2D eigenvalue weighted by Gasteiger charge is 2.45. The van der Waals surface area contributed by atoms with Gasteiger partial charge in [0.05, 0.1) is 11.4 Å². The number of H-pyrrole nitrogens is 1. The molecule has 0 spiro atoms. The average Bonchev–Trinajstić information content (AvgIpc) is 3.66. The molecule has 214 valence electrons. The van der Waals surface area contributed by atoms with Crippen LogP contribution in [0, 0.1) is 0 Å². The minimum atomic E-state index is -1.21. The van der Waals surface area contributed by atoms with Gasteiger partial charge in [0.15, 0.2) is 0 Å². The SMILES string of the molecule is CC(C)(C)OC(=O)NC1(C(=O)N[C@@H](CCO)c2ccc(Cl)cc2)CCN(c2ncnc3[nH]cc(C4CC4)c23)CC1. The van der Waals surface area contributed by atoms with Crippen LogP contribution in [-0.4, -0.2) is 62.9 Å². The number of carbonyl (C=O) groups is 2. The molecule has 0 unspecified atom stereocenters. The highest BCUT2D eigenvalue weighted by atomic mass is 35.5. The van der Waals surface area contributed by atoms with E-state index in [-0.39, 0.29) is 12.5 Å². The molecule has 3 aromatic rings. The molecule has 2 amide bonds. The molecule has 3 heterocycles. The number of halogens is 1. The third-order valence-electron chi connectivity index (χ3n) is 7.58. The normalized spacial score (nSPS) is 17.9. The van der Waals surface area contributed by atoms with Gasteiger partial charge in [0, 0.05) is 30.9 Å². The first kappa shape index (κ1) is 28.2.